The van der Waals surface area contributed by atoms with E-state index in [0.717, 1.165) is 11.3 Å². The predicted octanol–water partition coefficient (Wildman–Crippen LogP) is 2.02. The van der Waals surface area contributed by atoms with Gasteiger partial charge in [0.2, 0.25) is 0 Å². The molecule has 0 aliphatic carbocycles. The summed E-state index contributed by atoms with van der Waals surface area (Å²) >= 11 is 1.45. The Hall–Kier alpha value is -0.960. The van der Waals surface area contributed by atoms with E-state index in [0.29, 0.717) is 0 Å². The lowest BCUT2D eigenvalue weighted by molar-refractivity contribution is 0.393. The molecule has 10 heavy (non-hydrogen) atoms. The number of hydrogen-bond acceptors (Lipinski definition) is 3. The molecule has 2 nitrogen and oxygen atoms in total. The van der Waals surface area contributed by atoms with Gasteiger partial charge < -0.3 is 4.74 Å². The van der Waals surface area contributed by atoms with Crippen molar-refractivity contribution < 1.29 is 6.16 Å². The molecule has 0 unspecified atom stereocenters. The second-order valence-electron chi connectivity index (χ2n) is 1.84. The minimum atomic E-state index is 0. The van der Waals surface area contributed by atoms with Crippen molar-refractivity contribution in [3.63, 3.8) is 0 Å². The molecular weight excluding hydrogens is 146 g/mol. The molecule has 3 heteroatoms. The minimum Gasteiger partial charge on any atom is -0.470 e. The maximum atomic E-state index is 4.91. The van der Waals surface area contributed by atoms with Crippen LogP contribution in [0.2, 0.25) is 0 Å². The lowest BCUT2D eigenvalue weighted by Gasteiger charge is -2.09. The van der Waals surface area contributed by atoms with Crippen LogP contribution in [0.3, 0.4) is 0 Å². The van der Waals surface area contributed by atoms with E-state index >= 15 is 0 Å². The number of aliphatic imine (C=N–C) groups is 1. The molecular formula is C7H5NOS+. The Labute approximate surface area is 64.5 Å². The van der Waals surface area contributed by atoms with Crippen LogP contribution in [0.25, 0.3) is 0 Å². The summed E-state index contributed by atoms with van der Waals surface area (Å²) in [6.07, 6.45) is 5.13. The van der Waals surface area contributed by atoms with Gasteiger partial charge in [-0.15, -0.1) is 0 Å². The van der Waals surface area contributed by atoms with Crippen LogP contribution >= 0.6 is 11.8 Å². The van der Waals surface area contributed by atoms with Crippen LogP contribution in [-0.4, -0.2) is 5.55 Å². The van der Waals surface area contributed by atoms with Gasteiger partial charge in [0.25, 0.3) is 0 Å². The van der Waals surface area contributed by atoms with E-state index < -0.39 is 0 Å². The predicted molar refractivity (Wildman–Crippen MR) is 42.5 cm³/mol. The monoisotopic (exact) mass is 151 g/mol. The van der Waals surface area contributed by atoms with Gasteiger partial charge in [0.1, 0.15) is 17.5 Å². The first-order valence-corrected chi connectivity index (χ1v) is 3.69. The summed E-state index contributed by atoms with van der Waals surface area (Å²) in [5, 5.41) is 1.98. The first-order chi connectivity index (χ1) is 4.97. The van der Waals surface area contributed by atoms with Crippen LogP contribution in [-0.2, 0) is 4.74 Å². The van der Waals surface area contributed by atoms with Crippen molar-refractivity contribution in [1.82, 2.24) is 0 Å². The van der Waals surface area contributed by atoms with Crippen LogP contribution in [0.5, 0.6) is 0 Å². The Bertz CT molecular complexity index is 240. The third-order valence-electron chi connectivity index (χ3n) is 1.21. The highest BCUT2D eigenvalue weighted by atomic mass is 32.2. The summed E-state index contributed by atoms with van der Waals surface area (Å²) in [5.41, 5.74) is 4.71. The zero-order chi connectivity index (χ0) is 6.81. The molecule has 0 aromatic carbocycles. The highest BCUT2D eigenvalue weighted by Crippen LogP contribution is 2.24. The van der Waals surface area contributed by atoms with Gasteiger partial charge in [-0.25, -0.2) is 4.99 Å². The van der Waals surface area contributed by atoms with Crippen molar-refractivity contribution in [2.24, 2.45) is 4.99 Å². The quantitative estimate of drug-likeness (QED) is 0.528. The molecule has 0 amide bonds. The van der Waals surface area contributed by atoms with Gasteiger partial charge in [-0.2, -0.15) is 0 Å². The molecule has 0 spiro atoms. The van der Waals surface area contributed by atoms with E-state index in [-0.39, 0.29) is 1.43 Å². The largest absolute Gasteiger partial charge is 1.00 e. The zero-order valence-corrected chi connectivity index (χ0v) is 5.89. The summed E-state index contributed by atoms with van der Waals surface area (Å²) < 4.78 is 4.91. The van der Waals surface area contributed by atoms with Crippen molar-refractivity contribution in [3.05, 3.63) is 35.3 Å². The van der Waals surface area contributed by atoms with Crippen LogP contribution < -0.4 is 0 Å². The zero-order valence-electron chi connectivity index (χ0n) is 6.07. The van der Waals surface area contributed by atoms with E-state index in [2.05, 4.69) is 10.5 Å². The fourth-order valence-electron chi connectivity index (χ4n) is 0.726. The molecule has 0 saturated carbocycles. The summed E-state index contributed by atoms with van der Waals surface area (Å²) in [6, 6.07) is 0. The molecule has 2 aliphatic rings. The second kappa shape index (κ2) is 2.34. The molecule has 0 aromatic rings. The van der Waals surface area contributed by atoms with E-state index in [9.17, 15) is 0 Å². The third-order valence-corrected chi connectivity index (χ3v) is 1.77. The van der Waals surface area contributed by atoms with Crippen LogP contribution in [0.15, 0.2) is 40.3 Å². The molecule has 2 rings (SSSR count). The molecule has 2 heterocycles. The van der Waals surface area contributed by atoms with Crippen LogP contribution in [0.4, 0.5) is 0 Å². The Morgan fingerprint density at radius 3 is 3.60 bits per heavy atom. The Balaban J connectivity index is 0.000000605. The lowest BCUT2D eigenvalue weighted by atomic mass is 10.2. The van der Waals surface area contributed by atoms with Gasteiger partial charge in [-0.1, -0.05) is 11.8 Å². The average molecular weight is 151 g/mol. The minimum absolute atomic E-state index is 0. The molecule has 0 fully saturated rings. The molecule has 1 radical (unpaired) electrons. The summed E-state index contributed by atoms with van der Waals surface area (Å²) in [4.78, 5) is 3.98. The number of thioether (sulfide) groups is 1. The number of hydrogen-bond donors (Lipinski definition) is 0. The number of allylic oxidation sites excluding steroid dienone is 1. The highest BCUT2D eigenvalue weighted by Gasteiger charge is 2.07. The topological polar surface area (TPSA) is 21.6 Å². The molecule has 49 valence electrons. The second-order valence-corrected chi connectivity index (χ2v) is 2.49. The third kappa shape index (κ3) is 0.885. The van der Waals surface area contributed by atoms with Crippen molar-refractivity contribution in [2.45, 2.75) is 0 Å². The Morgan fingerprint density at radius 2 is 2.70 bits per heavy atom. The van der Waals surface area contributed by atoms with Crippen molar-refractivity contribution in [3.8, 4) is 0 Å². The highest BCUT2D eigenvalue weighted by molar-refractivity contribution is 8.14. The Kier molecular flexibility index (Phi) is 1.36. The summed E-state index contributed by atoms with van der Waals surface area (Å²) in [6.45, 7) is 0. The van der Waals surface area contributed by atoms with Gasteiger partial charge in [0, 0.05) is 5.57 Å². The molecule has 2 aliphatic heterocycles. The number of ether oxygens (including phenoxy) is 1. The molecule has 0 saturated heterocycles. The first-order valence-electron chi connectivity index (χ1n) is 2.81. The molecule has 0 atom stereocenters. The normalized spacial score (nSPS) is 20.8. The number of nitrogens with zero attached hydrogens (tertiary/aromatic N) is 1. The van der Waals surface area contributed by atoms with E-state index in [1.165, 1.54) is 11.8 Å². The molecule has 0 N–H and O–H groups in total. The van der Waals surface area contributed by atoms with Crippen molar-refractivity contribution >= 4 is 17.3 Å². The number of rotatable bonds is 0. The standard InChI is InChI=1S/C7H4NOS/c1-2-9-3-7-6(1)4-10-5-8-7/h1-4H/p+1. The maximum Gasteiger partial charge on any atom is 1.00 e. The van der Waals surface area contributed by atoms with Crippen molar-refractivity contribution in [2.75, 3.05) is 0 Å². The average Bonchev–Trinajstić information content (AvgIpc) is 2.05. The SMILES string of the molecule is [C]1=NC2=COC=CC2=CS1.[H+]. The van der Waals surface area contributed by atoms with Gasteiger partial charge >= 0.3 is 1.43 Å². The summed E-state index contributed by atoms with van der Waals surface area (Å²) in [5.74, 6) is 0. The molecule has 0 aromatic heterocycles. The van der Waals surface area contributed by atoms with Crippen LogP contribution in [0.1, 0.15) is 1.43 Å². The van der Waals surface area contributed by atoms with Crippen molar-refractivity contribution in [1.29, 1.82) is 0 Å². The first kappa shape index (κ1) is 5.80. The van der Waals surface area contributed by atoms with Gasteiger partial charge in [-0.05, 0) is 11.5 Å². The smallest absolute Gasteiger partial charge is 0.470 e. The fourth-order valence-corrected chi connectivity index (χ4v) is 1.26. The van der Waals surface area contributed by atoms with E-state index in [4.69, 9.17) is 4.74 Å². The van der Waals surface area contributed by atoms with E-state index in [1.807, 2.05) is 11.5 Å². The van der Waals surface area contributed by atoms with E-state index in [1.54, 1.807) is 12.5 Å². The molecule has 0 bridgehead atoms. The Morgan fingerprint density at radius 1 is 1.70 bits per heavy atom. The van der Waals surface area contributed by atoms with Gasteiger partial charge in [0.05, 0.1) is 6.26 Å². The lowest BCUT2D eigenvalue weighted by Crippen LogP contribution is -1.92. The summed E-state index contributed by atoms with van der Waals surface area (Å²) in [7, 11) is 0. The van der Waals surface area contributed by atoms with Crippen LogP contribution in [0, 0.1) is 0 Å². The number of fused-ring (bicyclic) bond motifs is 1. The van der Waals surface area contributed by atoms with Gasteiger partial charge in [0.15, 0.2) is 0 Å². The fraction of sp³-hybridized carbons (Fsp3) is 0. The maximum absolute atomic E-state index is 4.91. The van der Waals surface area contributed by atoms with Gasteiger partial charge in [-0.3, -0.25) is 0 Å².